The van der Waals surface area contributed by atoms with Crippen LogP contribution in [0.5, 0.6) is 0 Å². The van der Waals surface area contributed by atoms with E-state index in [9.17, 15) is 14.4 Å². The second-order valence-electron chi connectivity index (χ2n) is 2.80. The highest BCUT2D eigenvalue weighted by Gasteiger charge is 2.30. The quantitative estimate of drug-likeness (QED) is 0.412. The molecule has 1 aliphatic rings. The molecule has 2 amide bonds. The molecular formula is C8H12N2O3. The van der Waals surface area contributed by atoms with Crippen molar-refractivity contribution in [1.29, 1.82) is 0 Å². The molecule has 5 nitrogen and oxygen atoms in total. The molecule has 0 radical (unpaired) electrons. The van der Waals surface area contributed by atoms with Gasteiger partial charge < -0.3 is 14.6 Å². The minimum Gasteiger partial charge on any atom is -0.333 e. The van der Waals surface area contributed by atoms with E-state index in [1.54, 1.807) is 0 Å². The highest BCUT2D eigenvalue weighted by molar-refractivity contribution is 6.35. The molecule has 0 aromatic rings. The topological polar surface area (TPSA) is 57.7 Å². The Balaban J connectivity index is 2.64. The van der Waals surface area contributed by atoms with Gasteiger partial charge in [0, 0.05) is 19.6 Å². The van der Waals surface area contributed by atoms with Crippen molar-refractivity contribution in [3.8, 4) is 0 Å². The number of piperazine rings is 1. The summed E-state index contributed by atoms with van der Waals surface area (Å²) in [6.07, 6.45) is 0.632. The van der Waals surface area contributed by atoms with Gasteiger partial charge in [0.15, 0.2) is 0 Å². The number of aldehydes is 1. The SMILES string of the molecule is CCN1CCN(CC=O)C(=O)C1=O. The van der Waals surface area contributed by atoms with Crippen LogP contribution in [0.25, 0.3) is 0 Å². The molecule has 5 heteroatoms. The third-order valence-electron chi connectivity index (χ3n) is 2.07. The van der Waals surface area contributed by atoms with Crippen molar-refractivity contribution in [2.24, 2.45) is 0 Å². The first-order chi connectivity index (χ1) is 6.20. The maximum Gasteiger partial charge on any atom is 0.312 e. The van der Waals surface area contributed by atoms with Crippen LogP contribution in [0.3, 0.4) is 0 Å². The zero-order valence-electron chi connectivity index (χ0n) is 7.52. The predicted octanol–water partition coefficient (Wildman–Crippen LogP) is -1.12. The monoisotopic (exact) mass is 184 g/mol. The summed E-state index contributed by atoms with van der Waals surface area (Å²) >= 11 is 0. The molecule has 0 aromatic heterocycles. The average molecular weight is 184 g/mol. The molecule has 1 rings (SSSR count). The fourth-order valence-corrected chi connectivity index (χ4v) is 1.28. The lowest BCUT2D eigenvalue weighted by molar-refractivity contribution is -0.156. The van der Waals surface area contributed by atoms with Gasteiger partial charge in [-0.25, -0.2) is 0 Å². The molecule has 0 N–H and O–H groups in total. The van der Waals surface area contributed by atoms with E-state index in [2.05, 4.69) is 0 Å². The molecule has 0 aliphatic carbocycles. The van der Waals surface area contributed by atoms with Gasteiger partial charge in [0.1, 0.15) is 6.29 Å². The summed E-state index contributed by atoms with van der Waals surface area (Å²) in [5.41, 5.74) is 0. The zero-order valence-corrected chi connectivity index (χ0v) is 7.52. The molecule has 1 aliphatic heterocycles. The highest BCUT2D eigenvalue weighted by atomic mass is 16.2. The van der Waals surface area contributed by atoms with Crippen LogP contribution in [0.15, 0.2) is 0 Å². The van der Waals surface area contributed by atoms with Gasteiger partial charge in [-0.2, -0.15) is 0 Å². The average Bonchev–Trinajstić information content (AvgIpc) is 2.14. The molecule has 0 saturated carbocycles. The van der Waals surface area contributed by atoms with Crippen molar-refractivity contribution in [2.75, 3.05) is 26.2 Å². The lowest BCUT2D eigenvalue weighted by Gasteiger charge is -2.31. The molecule has 0 unspecified atom stereocenters. The Morgan fingerprint density at radius 1 is 1.23 bits per heavy atom. The third kappa shape index (κ3) is 1.85. The van der Waals surface area contributed by atoms with Crippen molar-refractivity contribution < 1.29 is 14.4 Å². The number of nitrogens with zero attached hydrogens (tertiary/aromatic N) is 2. The molecule has 0 spiro atoms. The van der Waals surface area contributed by atoms with E-state index in [1.165, 1.54) is 9.80 Å². The number of carbonyl (C=O) groups excluding carboxylic acids is 3. The van der Waals surface area contributed by atoms with Gasteiger partial charge in [-0.1, -0.05) is 0 Å². The van der Waals surface area contributed by atoms with Crippen molar-refractivity contribution in [1.82, 2.24) is 9.80 Å². The summed E-state index contributed by atoms with van der Waals surface area (Å²) in [6, 6.07) is 0. The van der Waals surface area contributed by atoms with Gasteiger partial charge in [0.2, 0.25) is 0 Å². The summed E-state index contributed by atoms with van der Waals surface area (Å²) in [5.74, 6) is -1.07. The molecule has 13 heavy (non-hydrogen) atoms. The first-order valence-electron chi connectivity index (χ1n) is 4.22. The van der Waals surface area contributed by atoms with Crippen molar-refractivity contribution in [3.63, 3.8) is 0 Å². The number of likely N-dealkylation sites (N-methyl/N-ethyl adjacent to an activating group) is 1. The largest absolute Gasteiger partial charge is 0.333 e. The summed E-state index contributed by atoms with van der Waals surface area (Å²) in [6.45, 7) is 3.36. The van der Waals surface area contributed by atoms with E-state index in [1.807, 2.05) is 6.92 Å². The van der Waals surface area contributed by atoms with E-state index in [0.717, 1.165) is 0 Å². The van der Waals surface area contributed by atoms with Crippen LogP contribution in [0.2, 0.25) is 0 Å². The summed E-state index contributed by atoms with van der Waals surface area (Å²) in [4.78, 5) is 35.4. The van der Waals surface area contributed by atoms with Crippen molar-refractivity contribution in [2.45, 2.75) is 6.92 Å². The van der Waals surface area contributed by atoms with Crippen LogP contribution in [0.1, 0.15) is 6.92 Å². The molecule has 1 saturated heterocycles. The fourth-order valence-electron chi connectivity index (χ4n) is 1.28. The number of hydrogen-bond acceptors (Lipinski definition) is 3. The molecule has 0 atom stereocenters. The Kier molecular flexibility index (Phi) is 3.00. The van der Waals surface area contributed by atoms with E-state index in [4.69, 9.17) is 0 Å². The Labute approximate surface area is 76.3 Å². The maximum absolute atomic E-state index is 11.3. The minimum absolute atomic E-state index is 0.0160. The first kappa shape index (κ1) is 9.70. The molecule has 0 bridgehead atoms. The van der Waals surface area contributed by atoms with Crippen molar-refractivity contribution >= 4 is 18.1 Å². The lowest BCUT2D eigenvalue weighted by atomic mass is 10.3. The predicted molar refractivity (Wildman–Crippen MR) is 44.9 cm³/mol. The van der Waals surface area contributed by atoms with Crippen molar-refractivity contribution in [3.05, 3.63) is 0 Å². The number of rotatable bonds is 3. The van der Waals surface area contributed by atoms with Crippen LogP contribution in [0.4, 0.5) is 0 Å². The summed E-state index contributed by atoms with van der Waals surface area (Å²) < 4.78 is 0. The molecule has 72 valence electrons. The minimum atomic E-state index is -0.569. The summed E-state index contributed by atoms with van der Waals surface area (Å²) in [5, 5.41) is 0. The van der Waals surface area contributed by atoms with Crippen LogP contribution >= 0.6 is 0 Å². The van der Waals surface area contributed by atoms with Crippen LogP contribution in [-0.4, -0.2) is 54.1 Å². The maximum atomic E-state index is 11.3. The Morgan fingerprint density at radius 3 is 2.31 bits per heavy atom. The third-order valence-corrected chi connectivity index (χ3v) is 2.07. The smallest absolute Gasteiger partial charge is 0.312 e. The van der Waals surface area contributed by atoms with Crippen LogP contribution in [0, 0.1) is 0 Å². The Bertz CT molecular complexity index is 240. The van der Waals surface area contributed by atoms with Gasteiger partial charge in [0.25, 0.3) is 0 Å². The Hall–Kier alpha value is -1.39. The Morgan fingerprint density at radius 2 is 1.77 bits per heavy atom. The number of hydrogen-bond donors (Lipinski definition) is 0. The fraction of sp³-hybridized carbons (Fsp3) is 0.625. The van der Waals surface area contributed by atoms with Gasteiger partial charge in [0.05, 0.1) is 6.54 Å². The van der Waals surface area contributed by atoms with Gasteiger partial charge in [-0.3, -0.25) is 9.59 Å². The molecule has 1 heterocycles. The van der Waals surface area contributed by atoms with Gasteiger partial charge in [-0.15, -0.1) is 0 Å². The van der Waals surface area contributed by atoms with Crippen LogP contribution in [-0.2, 0) is 14.4 Å². The second-order valence-corrected chi connectivity index (χ2v) is 2.80. The zero-order chi connectivity index (χ0) is 9.84. The lowest BCUT2D eigenvalue weighted by Crippen LogP contribution is -2.54. The molecular weight excluding hydrogens is 172 g/mol. The number of carbonyl (C=O) groups is 3. The summed E-state index contributed by atoms with van der Waals surface area (Å²) in [7, 11) is 0. The normalized spacial score (nSPS) is 17.9. The van der Waals surface area contributed by atoms with E-state index >= 15 is 0 Å². The van der Waals surface area contributed by atoms with E-state index in [0.29, 0.717) is 25.9 Å². The van der Waals surface area contributed by atoms with E-state index in [-0.39, 0.29) is 6.54 Å². The highest BCUT2D eigenvalue weighted by Crippen LogP contribution is 2.03. The molecule has 1 fully saturated rings. The van der Waals surface area contributed by atoms with Crippen LogP contribution < -0.4 is 0 Å². The standard InChI is InChI=1S/C8H12N2O3/c1-2-9-3-4-10(5-6-11)8(13)7(9)12/h6H,2-5H2,1H3. The van der Waals surface area contributed by atoms with Gasteiger partial charge in [-0.05, 0) is 6.92 Å². The second kappa shape index (κ2) is 4.02. The number of amides is 2. The molecule has 0 aromatic carbocycles. The van der Waals surface area contributed by atoms with Gasteiger partial charge >= 0.3 is 11.8 Å². The van der Waals surface area contributed by atoms with E-state index < -0.39 is 11.8 Å². The first-order valence-corrected chi connectivity index (χ1v) is 4.22.